The van der Waals surface area contributed by atoms with Crippen molar-refractivity contribution in [2.75, 3.05) is 13.2 Å². The Morgan fingerprint density at radius 3 is 2.52 bits per heavy atom. The van der Waals surface area contributed by atoms with Gasteiger partial charge < -0.3 is 14.7 Å². The van der Waals surface area contributed by atoms with Gasteiger partial charge >= 0.3 is 5.97 Å². The van der Waals surface area contributed by atoms with E-state index in [0.29, 0.717) is 12.2 Å². The molecule has 0 saturated heterocycles. The van der Waals surface area contributed by atoms with Gasteiger partial charge in [0.1, 0.15) is 24.5 Å². The summed E-state index contributed by atoms with van der Waals surface area (Å²) in [5, 5.41) is 9.14. The summed E-state index contributed by atoms with van der Waals surface area (Å²) in [5.41, 5.74) is 0.714. The number of aromatic carboxylic acids is 1. The molecule has 5 heteroatoms. The maximum Gasteiger partial charge on any atom is 0.339 e. The Balaban J connectivity index is 1.81. The van der Waals surface area contributed by atoms with Gasteiger partial charge in [-0.15, -0.1) is 0 Å². The van der Waals surface area contributed by atoms with Crippen LogP contribution in [0.3, 0.4) is 0 Å². The smallest absolute Gasteiger partial charge is 0.339 e. The first-order valence-electron chi connectivity index (χ1n) is 6.48. The Bertz CT molecular complexity index is 595. The van der Waals surface area contributed by atoms with Gasteiger partial charge in [-0.25, -0.2) is 4.79 Å². The minimum absolute atomic E-state index is 0.0986. The average Bonchev–Trinajstić information content (AvgIpc) is 2.47. The van der Waals surface area contributed by atoms with Crippen LogP contribution in [0.4, 0.5) is 0 Å². The molecule has 0 fully saturated rings. The van der Waals surface area contributed by atoms with Crippen LogP contribution in [0, 0.1) is 6.92 Å². The van der Waals surface area contributed by atoms with Gasteiger partial charge in [-0.05, 0) is 30.7 Å². The molecular formula is C16H16O5. The van der Waals surface area contributed by atoms with Crippen LogP contribution in [-0.2, 0) is 4.89 Å². The van der Waals surface area contributed by atoms with Crippen LogP contribution in [0.15, 0.2) is 48.5 Å². The fourth-order valence-electron chi connectivity index (χ4n) is 1.80. The molecule has 0 heterocycles. The highest BCUT2D eigenvalue weighted by Gasteiger charge is 2.14. The molecule has 0 aliphatic heterocycles. The number of ether oxygens (including phenoxy) is 1. The number of hydrogen-bond donors (Lipinski definition) is 1. The highest BCUT2D eigenvalue weighted by atomic mass is 17.2. The first-order valence-corrected chi connectivity index (χ1v) is 6.48. The van der Waals surface area contributed by atoms with E-state index in [1.807, 2.05) is 30.3 Å². The van der Waals surface area contributed by atoms with E-state index in [1.165, 1.54) is 0 Å². The molecule has 0 amide bonds. The van der Waals surface area contributed by atoms with Crippen molar-refractivity contribution >= 4 is 5.97 Å². The van der Waals surface area contributed by atoms with E-state index in [-0.39, 0.29) is 17.9 Å². The Morgan fingerprint density at radius 1 is 1.05 bits per heavy atom. The lowest BCUT2D eigenvalue weighted by Crippen LogP contribution is -2.11. The zero-order chi connectivity index (χ0) is 15.1. The van der Waals surface area contributed by atoms with Gasteiger partial charge in [0.05, 0.1) is 0 Å². The summed E-state index contributed by atoms with van der Waals surface area (Å²) in [6.07, 6.45) is 0. The van der Waals surface area contributed by atoms with Crippen molar-refractivity contribution in [3.8, 4) is 11.5 Å². The Morgan fingerprint density at radius 2 is 1.81 bits per heavy atom. The molecule has 1 N–H and O–H groups in total. The molecular weight excluding hydrogens is 272 g/mol. The lowest BCUT2D eigenvalue weighted by atomic mass is 10.1. The van der Waals surface area contributed by atoms with Crippen LogP contribution in [0.5, 0.6) is 11.5 Å². The Hall–Kier alpha value is -2.53. The van der Waals surface area contributed by atoms with E-state index in [9.17, 15) is 4.79 Å². The van der Waals surface area contributed by atoms with Gasteiger partial charge in [-0.3, -0.25) is 0 Å². The van der Waals surface area contributed by atoms with Crippen molar-refractivity contribution in [1.82, 2.24) is 0 Å². The zero-order valence-electron chi connectivity index (χ0n) is 11.6. The van der Waals surface area contributed by atoms with Crippen molar-refractivity contribution in [3.63, 3.8) is 0 Å². The zero-order valence-corrected chi connectivity index (χ0v) is 11.6. The quantitative estimate of drug-likeness (QED) is 0.482. The molecule has 0 spiro atoms. The fraction of sp³-hybridized carbons (Fsp3) is 0.188. The van der Waals surface area contributed by atoms with Crippen molar-refractivity contribution in [1.29, 1.82) is 0 Å². The fourth-order valence-corrected chi connectivity index (χ4v) is 1.80. The molecule has 21 heavy (non-hydrogen) atoms. The Labute approximate surface area is 122 Å². The molecule has 110 valence electrons. The van der Waals surface area contributed by atoms with E-state index in [0.717, 1.165) is 5.75 Å². The van der Waals surface area contributed by atoms with E-state index < -0.39 is 5.97 Å². The maximum atomic E-state index is 11.2. The number of carboxylic acid groups (broad SMARTS) is 1. The molecule has 0 unspecified atom stereocenters. The van der Waals surface area contributed by atoms with Gasteiger partial charge in [-0.2, -0.15) is 4.89 Å². The number of rotatable bonds is 7. The number of carboxylic acids is 1. The van der Waals surface area contributed by atoms with Crippen molar-refractivity contribution in [2.24, 2.45) is 0 Å². The van der Waals surface area contributed by atoms with Crippen LogP contribution in [0.1, 0.15) is 15.9 Å². The second-order valence-corrected chi connectivity index (χ2v) is 4.32. The highest BCUT2D eigenvalue weighted by Crippen LogP contribution is 2.22. The summed E-state index contributed by atoms with van der Waals surface area (Å²) < 4.78 is 5.42. The average molecular weight is 288 g/mol. The summed E-state index contributed by atoms with van der Waals surface area (Å²) in [5.74, 6) is -0.127. The predicted molar refractivity (Wildman–Crippen MR) is 76.7 cm³/mol. The number of hydrogen-bond acceptors (Lipinski definition) is 4. The van der Waals surface area contributed by atoms with Crippen LogP contribution in [-0.4, -0.2) is 24.3 Å². The van der Waals surface area contributed by atoms with Crippen LogP contribution in [0.2, 0.25) is 0 Å². The number of carbonyl (C=O) groups is 1. The molecule has 2 rings (SSSR count). The lowest BCUT2D eigenvalue weighted by molar-refractivity contribution is -0.211. The van der Waals surface area contributed by atoms with Gasteiger partial charge in [0, 0.05) is 0 Å². The third-order valence-electron chi connectivity index (χ3n) is 2.78. The SMILES string of the molecule is Cc1cccc(OOCCOc2ccccc2)c1C(=O)O. The monoisotopic (exact) mass is 288 g/mol. The minimum atomic E-state index is -1.05. The molecule has 0 aliphatic rings. The summed E-state index contributed by atoms with van der Waals surface area (Å²) in [6.45, 7) is 2.19. The molecule has 0 aromatic heterocycles. The third kappa shape index (κ3) is 4.22. The van der Waals surface area contributed by atoms with Crippen LogP contribution < -0.4 is 9.62 Å². The van der Waals surface area contributed by atoms with Crippen molar-refractivity contribution in [2.45, 2.75) is 6.92 Å². The molecule has 2 aromatic rings. The number of benzene rings is 2. The third-order valence-corrected chi connectivity index (χ3v) is 2.78. The Kier molecular flexibility index (Phi) is 5.17. The lowest BCUT2D eigenvalue weighted by Gasteiger charge is -2.10. The van der Waals surface area contributed by atoms with E-state index in [4.69, 9.17) is 19.6 Å². The summed E-state index contributed by atoms with van der Waals surface area (Å²) in [7, 11) is 0. The molecule has 0 atom stereocenters. The van der Waals surface area contributed by atoms with E-state index in [1.54, 1.807) is 25.1 Å². The summed E-state index contributed by atoms with van der Waals surface area (Å²) in [6, 6.07) is 14.3. The molecule has 2 aromatic carbocycles. The first-order chi connectivity index (χ1) is 10.2. The molecule has 0 radical (unpaired) electrons. The van der Waals surface area contributed by atoms with Crippen molar-refractivity contribution < 1.29 is 24.4 Å². The highest BCUT2D eigenvalue weighted by molar-refractivity contribution is 5.92. The normalized spacial score (nSPS) is 10.1. The topological polar surface area (TPSA) is 65.0 Å². The van der Waals surface area contributed by atoms with Gasteiger partial charge in [-0.1, -0.05) is 30.3 Å². The largest absolute Gasteiger partial charge is 0.491 e. The predicted octanol–water partition coefficient (Wildman–Crippen LogP) is 3.08. The first kappa shape index (κ1) is 14.9. The van der Waals surface area contributed by atoms with E-state index >= 15 is 0 Å². The number of para-hydroxylation sites is 1. The standard InChI is InChI=1S/C16H16O5/c1-12-6-5-9-14(15(12)16(17)18)21-20-11-10-19-13-7-3-2-4-8-13/h2-9H,10-11H2,1H3,(H,17,18). The molecule has 0 saturated carbocycles. The molecule has 5 nitrogen and oxygen atoms in total. The van der Waals surface area contributed by atoms with Crippen LogP contribution >= 0.6 is 0 Å². The molecule has 0 bridgehead atoms. The second kappa shape index (κ2) is 7.31. The van der Waals surface area contributed by atoms with Crippen LogP contribution in [0.25, 0.3) is 0 Å². The minimum Gasteiger partial charge on any atom is -0.491 e. The van der Waals surface area contributed by atoms with Gasteiger partial charge in [0.2, 0.25) is 0 Å². The van der Waals surface area contributed by atoms with Crippen molar-refractivity contribution in [3.05, 3.63) is 59.7 Å². The summed E-state index contributed by atoms with van der Waals surface area (Å²) >= 11 is 0. The van der Waals surface area contributed by atoms with Gasteiger partial charge in [0.15, 0.2) is 5.75 Å². The van der Waals surface area contributed by atoms with E-state index in [2.05, 4.69) is 0 Å². The second-order valence-electron chi connectivity index (χ2n) is 4.32. The summed E-state index contributed by atoms with van der Waals surface area (Å²) in [4.78, 5) is 21.2. The maximum absolute atomic E-state index is 11.2. The number of aryl methyl sites for hydroxylation is 1. The van der Waals surface area contributed by atoms with Gasteiger partial charge in [0.25, 0.3) is 0 Å². The molecule has 0 aliphatic carbocycles.